The molecular weight excluding hydrogens is 268 g/mol. The number of carbonyl (C=O) groups excluding carboxylic acids is 1. The lowest BCUT2D eigenvalue weighted by Gasteiger charge is -2.03. The number of amides is 1. The first-order valence-corrected chi connectivity index (χ1v) is 7.08. The molecule has 1 N–H and O–H groups in total. The van der Waals surface area contributed by atoms with Crippen LogP contribution in [0, 0.1) is 0 Å². The van der Waals surface area contributed by atoms with Gasteiger partial charge in [-0.1, -0.05) is 31.3 Å². The third kappa shape index (κ3) is 2.82. The van der Waals surface area contributed by atoms with Crippen molar-refractivity contribution in [2.24, 2.45) is 0 Å². The normalized spacial score (nSPS) is 12.9. The molecule has 2 rings (SSSR count). The van der Waals surface area contributed by atoms with Crippen LogP contribution in [0.1, 0.15) is 32.3 Å². The van der Waals surface area contributed by atoms with E-state index < -0.39 is 5.38 Å². The van der Waals surface area contributed by atoms with Crippen LogP contribution in [-0.4, -0.2) is 16.3 Å². The summed E-state index contributed by atoms with van der Waals surface area (Å²) in [6, 6.07) is 6.18. The van der Waals surface area contributed by atoms with Crippen LogP contribution in [0.25, 0.3) is 10.2 Å². The highest BCUT2D eigenvalue weighted by atomic mass is 35.5. The maximum absolute atomic E-state index is 11.5. The van der Waals surface area contributed by atoms with Gasteiger partial charge in [0.15, 0.2) is 5.13 Å². The third-order valence-corrected chi connectivity index (χ3v) is 3.80. The van der Waals surface area contributed by atoms with Crippen LogP contribution in [0.5, 0.6) is 0 Å². The van der Waals surface area contributed by atoms with Gasteiger partial charge in [-0.05, 0) is 30.5 Å². The summed E-state index contributed by atoms with van der Waals surface area (Å²) in [5.41, 5.74) is 2.18. The van der Waals surface area contributed by atoms with Gasteiger partial charge in [-0.3, -0.25) is 4.79 Å². The molecule has 0 unspecified atom stereocenters. The molecule has 0 spiro atoms. The number of benzene rings is 1. The van der Waals surface area contributed by atoms with Gasteiger partial charge in [0.1, 0.15) is 5.38 Å². The quantitative estimate of drug-likeness (QED) is 0.865. The maximum atomic E-state index is 11.5. The molecule has 0 aliphatic heterocycles. The number of nitrogens with one attached hydrogen (secondary N) is 1. The Bertz CT molecular complexity index is 577. The van der Waals surface area contributed by atoms with Gasteiger partial charge < -0.3 is 5.32 Å². The van der Waals surface area contributed by atoms with Crippen LogP contribution < -0.4 is 5.32 Å². The van der Waals surface area contributed by atoms with Crippen molar-refractivity contribution in [1.29, 1.82) is 0 Å². The average Bonchev–Trinajstić information content (AvgIpc) is 2.69. The Kier molecular flexibility index (Phi) is 3.88. The summed E-state index contributed by atoms with van der Waals surface area (Å²) in [6.07, 6.45) is 0. The Morgan fingerprint density at radius 2 is 2.11 bits per heavy atom. The molecule has 1 amide bonds. The number of hydrogen-bond acceptors (Lipinski definition) is 3. The van der Waals surface area contributed by atoms with Gasteiger partial charge in [0.05, 0.1) is 10.2 Å². The number of halogens is 1. The van der Waals surface area contributed by atoms with E-state index in [1.807, 2.05) is 6.07 Å². The zero-order chi connectivity index (χ0) is 13.3. The highest BCUT2D eigenvalue weighted by Gasteiger charge is 2.12. The topological polar surface area (TPSA) is 42.0 Å². The molecule has 0 fully saturated rings. The van der Waals surface area contributed by atoms with Crippen LogP contribution in [0.15, 0.2) is 18.2 Å². The highest BCUT2D eigenvalue weighted by Crippen LogP contribution is 2.29. The lowest BCUT2D eigenvalue weighted by atomic mass is 10.0. The molecule has 0 saturated carbocycles. The second kappa shape index (κ2) is 5.24. The minimum atomic E-state index is -0.553. The number of nitrogens with zero attached hydrogens (tertiary/aromatic N) is 1. The van der Waals surface area contributed by atoms with Gasteiger partial charge in [-0.15, -0.1) is 11.6 Å². The molecule has 1 aromatic heterocycles. The number of anilines is 1. The molecule has 3 nitrogen and oxygen atoms in total. The summed E-state index contributed by atoms with van der Waals surface area (Å²) >= 11 is 7.18. The second-order valence-electron chi connectivity index (χ2n) is 4.51. The first-order valence-electron chi connectivity index (χ1n) is 5.83. The van der Waals surface area contributed by atoms with E-state index >= 15 is 0 Å². The van der Waals surface area contributed by atoms with Gasteiger partial charge in [0, 0.05) is 0 Å². The Labute approximate surface area is 115 Å². The van der Waals surface area contributed by atoms with E-state index in [0.29, 0.717) is 11.0 Å². The van der Waals surface area contributed by atoms with Crippen LogP contribution >= 0.6 is 22.9 Å². The lowest BCUT2D eigenvalue weighted by Crippen LogP contribution is -2.19. The molecule has 0 aliphatic rings. The standard InChI is InChI=1S/C13H15ClN2OS/c1-7(2)9-4-5-10-11(6-9)18-13(15-10)16-12(17)8(3)14/h4-8H,1-3H3,(H,15,16,17)/t8-/m1/s1. The van der Waals surface area contributed by atoms with E-state index in [-0.39, 0.29) is 5.91 Å². The zero-order valence-electron chi connectivity index (χ0n) is 10.5. The largest absolute Gasteiger partial charge is 0.301 e. The van der Waals surface area contributed by atoms with Crippen LogP contribution in [0.2, 0.25) is 0 Å². The van der Waals surface area contributed by atoms with Crippen LogP contribution in [0.3, 0.4) is 0 Å². The fraction of sp³-hybridized carbons (Fsp3) is 0.385. The predicted octanol–water partition coefficient (Wildman–Crippen LogP) is 3.99. The Morgan fingerprint density at radius 1 is 1.39 bits per heavy atom. The molecule has 1 aromatic carbocycles. The van der Waals surface area contributed by atoms with Gasteiger partial charge in [0.25, 0.3) is 0 Å². The van der Waals surface area contributed by atoms with Crippen molar-refractivity contribution in [1.82, 2.24) is 4.98 Å². The van der Waals surface area contributed by atoms with E-state index in [1.54, 1.807) is 6.92 Å². The molecule has 0 bridgehead atoms. The number of thiazole rings is 1. The number of aromatic nitrogens is 1. The number of rotatable bonds is 3. The van der Waals surface area contributed by atoms with Gasteiger partial charge in [0.2, 0.25) is 5.91 Å². The van der Waals surface area contributed by atoms with Crippen molar-refractivity contribution in [3.05, 3.63) is 23.8 Å². The summed E-state index contributed by atoms with van der Waals surface area (Å²) in [5, 5.41) is 2.76. The SMILES string of the molecule is CC(C)c1ccc2nc(NC(=O)[C@@H](C)Cl)sc2c1. The Morgan fingerprint density at radius 3 is 2.72 bits per heavy atom. The Hall–Kier alpha value is -1.13. The molecule has 1 atom stereocenters. The smallest absolute Gasteiger partial charge is 0.243 e. The molecule has 0 saturated heterocycles. The van der Waals surface area contributed by atoms with Gasteiger partial charge in [-0.25, -0.2) is 4.98 Å². The summed E-state index contributed by atoms with van der Waals surface area (Å²) in [6.45, 7) is 5.95. The summed E-state index contributed by atoms with van der Waals surface area (Å²) < 4.78 is 1.08. The minimum absolute atomic E-state index is 0.222. The number of hydrogen-bond donors (Lipinski definition) is 1. The molecule has 18 heavy (non-hydrogen) atoms. The van der Waals surface area contributed by atoms with E-state index in [9.17, 15) is 4.79 Å². The first kappa shape index (κ1) is 13.3. The third-order valence-electron chi connectivity index (χ3n) is 2.67. The van der Waals surface area contributed by atoms with Crippen molar-refractivity contribution in [3.8, 4) is 0 Å². The van der Waals surface area contributed by atoms with Crippen molar-refractivity contribution in [3.63, 3.8) is 0 Å². The minimum Gasteiger partial charge on any atom is -0.301 e. The second-order valence-corrected chi connectivity index (χ2v) is 6.19. The average molecular weight is 283 g/mol. The van der Waals surface area contributed by atoms with E-state index in [0.717, 1.165) is 10.2 Å². The molecule has 0 aliphatic carbocycles. The first-order chi connectivity index (χ1) is 8.47. The van der Waals surface area contributed by atoms with Crippen LogP contribution in [0.4, 0.5) is 5.13 Å². The number of carbonyl (C=O) groups is 1. The molecule has 5 heteroatoms. The Balaban J connectivity index is 2.30. The van der Waals surface area contributed by atoms with E-state index in [4.69, 9.17) is 11.6 Å². The number of alkyl halides is 1. The molecule has 1 heterocycles. The fourth-order valence-corrected chi connectivity index (χ4v) is 2.53. The summed E-state index contributed by atoms with van der Waals surface area (Å²) in [4.78, 5) is 15.9. The summed E-state index contributed by atoms with van der Waals surface area (Å²) in [7, 11) is 0. The zero-order valence-corrected chi connectivity index (χ0v) is 12.1. The lowest BCUT2D eigenvalue weighted by molar-refractivity contribution is -0.115. The van der Waals surface area contributed by atoms with Crippen molar-refractivity contribution in [2.75, 3.05) is 5.32 Å². The van der Waals surface area contributed by atoms with Crippen LogP contribution in [-0.2, 0) is 4.79 Å². The van der Waals surface area contributed by atoms with Gasteiger partial charge >= 0.3 is 0 Å². The number of fused-ring (bicyclic) bond motifs is 1. The molecule has 0 radical (unpaired) electrons. The maximum Gasteiger partial charge on any atom is 0.243 e. The molecule has 96 valence electrons. The molecule has 2 aromatic rings. The fourth-order valence-electron chi connectivity index (χ4n) is 1.56. The van der Waals surface area contributed by atoms with Gasteiger partial charge in [-0.2, -0.15) is 0 Å². The van der Waals surface area contributed by atoms with E-state index in [2.05, 4.69) is 36.3 Å². The van der Waals surface area contributed by atoms with Crippen molar-refractivity contribution >= 4 is 44.2 Å². The van der Waals surface area contributed by atoms with E-state index in [1.165, 1.54) is 16.9 Å². The van der Waals surface area contributed by atoms with Crippen molar-refractivity contribution in [2.45, 2.75) is 32.1 Å². The van der Waals surface area contributed by atoms with Crippen molar-refractivity contribution < 1.29 is 4.79 Å². The predicted molar refractivity (Wildman–Crippen MR) is 77.7 cm³/mol. The summed E-state index contributed by atoms with van der Waals surface area (Å²) in [5.74, 6) is 0.261. The highest BCUT2D eigenvalue weighted by molar-refractivity contribution is 7.22. The molecular formula is C13H15ClN2OS. The monoisotopic (exact) mass is 282 g/mol.